The third-order valence-electron chi connectivity index (χ3n) is 2.67. The van der Waals surface area contributed by atoms with Crippen LogP contribution in [0.1, 0.15) is 32.1 Å². The summed E-state index contributed by atoms with van der Waals surface area (Å²) in [5, 5.41) is 23.1. The lowest BCUT2D eigenvalue weighted by Crippen LogP contribution is -2.49. The maximum atomic E-state index is 11.3. The zero-order valence-electron chi connectivity index (χ0n) is 9.11. The van der Waals surface area contributed by atoms with Crippen molar-refractivity contribution in [1.82, 2.24) is 10.6 Å². The van der Waals surface area contributed by atoms with E-state index in [1.54, 1.807) is 0 Å². The van der Waals surface area contributed by atoms with Crippen LogP contribution in [0, 0.1) is 0 Å². The second-order valence-electron chi connectivity index (χ2n) is 4.00. The van der Waals surface area contributed by atoms with Crippen LogP contribution in [0.5, 0.6) is 0 Å². The third-order valence-corrected chi connectivity index (χ3v) is 2.67. The standard InChI is InChI=1S/C10H18N2O4/c13-8-4-2-1-3-7(8)12-10(16)11-6-5-9(14)15/h7-8,13H,1-6H2,(H,14,15)(H2,11,12,16). The normalized spacial score (nSPS) is 24.8. The van der Waals surface area contributed by atoms with Crippen LogP contribution in [-0.4, -0.2) is 40.9 Å². The molecule has 2 amide bonds. The van der Waals surface area contributed by atoms with Crippen molar-refractivity contribution < 1.29 is 19.8 Å². The molecule has 0 heterocycles. The summed E-state index contributed by atoms with van der Waals surface area (Å²) in [6, 6.07) is -0.620. The number of carbonyl (C=O) groups excluding carboxylic acids is 1. The number of carboxylic acid groups (broad SMARTS) is 1. The van der Waals surface area contributed by atoms with E-state index in [1.165, 1.54) is 0 Å². The second-order valence-corrected chi connectivity index (χ2v) is 4.00. The van der Waals surface area contributed by atoms with Gasteiger partial charge in [0, 0.05) is 6.54 Å². The molecule has 0 aliphatic heterocycles. The van der Waals surface area contributed by atoms with E-state index in [4.69, 9.17) is 5.11 Å². The van der Waals surface area contributed by atoms with Crippen molar-refractivity contribution in [2.75, 3.05) is 6.54 Å². The van der Waals surface area contributed by atoms with E-state index in [2.05, 4.69) is 10.6 Å². The Morgan fingerprint density at radius 2 is 1.94 bits per heavy atom. The smallest absolute Gasteiger partial charge is 0.315 e. The van der Waals surface area contributed by atoms with Crippen molar-refractivity contribution in [2.24, 2.45) is 0 Å². The minimum absolute atomic E-state index is 0.0966. The molecule has 0 aromatic rings. The van der Waals surface area contributed by atoms with Crippen LogP contribution in [0.15, 0.2) is 0 Å². The number of aliphatic hydroxyl groups excluding tert-OH is 1. The van der Waals surface area contributed by atoms with Gasteiger partial charge in [-0.05, 0) is 12.8 Å². The fourth-order valence-electron chi connectivity index (χ4n) is 1.78. The average Bonchev–Trinajstić information content (AvgIpc) is 2.21. The first kappa shape index (κ1) is 12.8. The highest BCUT2D eigenvalue weighted by molar-refractivity contribution is 5.75. The second kappa shape index (κ2) is 6.32. The average molecular weight is 230 g/mol. The molecule has 1 rings (SSSR count). The maximum absolute atomic E-state index is 11.3. The Hall–Kier alpha value is -1.30. The highest BCUT2D eigenvalue weighted by Gasteiger charge is 2.24. The summed E-state index contributed by atoms with van der Waals surface area (Å²) in [4.78, 5) is 21.5. The molecule has 6 heteroatoms. The summed E-state index contributed by atoms with van der Waals surface area (Å²) in [5.41, 5.74) is 0. The predicted molar refractivity (Wildman–Crippen MR) is 57.1 cm³/mol. The van der Waals surface area contributed by atoms with E-state index < -0.39 is 18.1 Å². The van der Waals surface area contributed by atoms with Crippen LogP contribution >= 0.6 is 0 Å². The number of rotatable bonds is 4. The first-order chi connectivity index (χ1) is 7.59. The minimum atomic E-state index is -0.946. The molecular formula is C10H18N2O4. The highest BCUT2D eigenvalue weighted by atomic mass is 16.4. The van der Waals surface area contributed by atoms with E-state index in [9.17, 15) is 14.7 Å². The van der Waals surface area contributed by atoms with Crippen molar-refractivity contribution in [3.05, 3.63) is 0 Å². The first-order valence-electron chi connectivity index (χ1n) is 5.54. The van der Waals surface area contributed by atoms with E-state index >= 15 is 0 Å². The molecule has 92 valence electrons. The van der Waals surface area contributed by atoms with Crippen LogP contribution in [0.4, 0.5) is 4.79 Å². The van der Waals surface area contributed by atoms with Gasteiger partial charge in [0.25, 0.3) is 0 Å². The van der Waals surface area contributed by atoms with Gasteiger partial charge in [0.1, 0.15) is 0 Å². The molecule has 1 fully saturated rings. The molecule has 4 N–H and O–H groups in total. The van der Waals surface area contributed by atoms with Gasteiger partial charge < -0.3 is 20.8 Å². The number of nitrogens with one attached hydrogen (secondary N) is 2. The van der Waals surface area contributed by atoms with Gasteiger partial charge in [0.05, 0.1) is 18.6 Å². The lowest BCUT2D eigenvalue weighted by molar-refractivity contribution is -0.136. The van der Waals surface area contributed by atoms with Crippen LogP contribution in [0.2, 0.25) is 0 Å². The van der Waals surface area contributed by atoms with Gasteiger partial charge in [-0.1, -0.05) is 12.8 Å². The van der Waals surface area contributed by atoms with Crippen LogP contribution in [-0.2, 0) is 4.79 Å². The van der Waals surface area contributed by atoms with E-state index in [0.29, 0.717) is 6.42 Å². The Balaban J connectivity index is 2.19. The Morgan fingerprint density at radius 3 is 2.56 bits per heavy atom. The molecule has 16 heavy (non-hydrogen) atoms. The Morgan fingerprint density at radius 1 is 1.25 bits per heavy atom. The number of amides is 2. The number of hydrogen-bond acceptors (Lipinski definition) is 3. The summed E-state index contributed by atoms with van der Waals surface area (Å²) in [6.07, 6.45) is 2.88. The molecule has 1 aliphatic carbocycles. The summed E-state index contributed by atoms with van der Waals surface area (Å²) >= 11 is 0. The third kappa shape index (κ3) is 4.48. The molecule has 0 bridgehead atoms. The summed E-state index contributed by atoms with van der Waals surface area (Å²) in [5.74, 6) is -0.946. The van der Waals surface area contributed by atoms with Gasteiger partial charge in [-0.2, -0.15) is 0 Å². The Kier molecular flexibility index (Phi) is 5.04. The molecule has 1 aliphatic rings. The van der Waals surface area contributed by atoms with Gasteiger partial charge in [-0.3, -0.25) is 4.79 Å². The number of urea groups is 1. The first-order valence-corrected chi connectivity index (χ1v) is 5.54. The highest BCUT2D eigenvalue weighted by Crippen LogP contribution is 2.17. The fraction of sp³-hybridized carbons (Fsp3) is 0.800. The van der Waals surface area contributed by atoms with Gasteiger partial charge in [-0.15, -0.1) is 0 Å². The van der Waals surface area contributed by atoms with Crippen molar-refractivity contribution >= 4 is 12.0 Å². The monoisotopic (exact) mass is 230 g/mol. The van der Waals surface area contributed by atoms with Crippen LogP contribution in [0.3, 0.4) is 0 Å². The van der Waals surface area contributed by atoms with E-state index in [-0.39, 0.29) is 19.0 Å². The maximum Gasteiger partial charge on any atom is 0.315 e. The van der Waals surface area contributed by atoms with E-state index in [0.717, 1.165) is 19.3 Å². The van der Waals surface area contributed by atoms with Crippen LogP contribution in [0.25, 0.3) is 0 Å². The number of hydrogen-bond donors (Lipinski definition) is 4. The molecular weight excluding hydrogens is 212 g/mol. The summed E-state index contributed by atoms with van der Waals surface area (Å²) in [6.45, 7) is 0.101. The molecule has 2 unspecified atom stereocenters. The van der Waals surface area contributed by atoms with Crippen molar-refractivity contribution in [1.29, 1.82) is 0 Å². The topological polar surface area (TPSA) is 98.7 Å². The molecule has 0 aromatic carbocycles. The zero-order chi connectivity index (χ0) is 12.0. The molecule has 0 saturated heterocycles. The number of carbonyl (C=O) groups is 2. The van der Waals surface area contributed by atoms with Gasteiger partial charge >= 0.3 is 12.0 Å². The molecule has 0 spiro atoms. The number of aliphatic carboxylic acids is 1. The summed E-state index contributed by atoms with van der Waals surface area (Å²) < 4.78 is 0. The largest absolute Gasteiger partial charge is 0.481 e. The quantitative estimate of drug-likeness (QED) is 0.549. The summed E-state index contributed by atoms with van der Waals surface area (Å²) in [7, 11) is 0. The molecule has 0 radical (unpaired) electrons. The van der Waals surface area contributed by atoms with Crippen molar-refractivity contribution in [3.8, 4) is 0 Å². The van der Waals surface area contributed by atoms with Gasteiger partial charge in [-0.25, -0.2) is 4.79 Å². The molecule has 2 atom stereocenters. The molecule has 1 saturated carbocycles. The lowest BCUT2D eigenvalue weighted by Gasteiger charge is -2.28. The number of aliphatic hydroxyl groups is 1. The zero-order valence-corrected chi connectivity index (χ0v) is 9.11. The Labute approximate surface area is 94.0 Å². The van der Waals surface area contributed by atoms with Gasteiger partial charge in [0.2, 0.25) is 0 Å². The van der Waals surface area contributed by atoms with Crippen molar-refractivity contribution in [2.45, 2.75) is 44.2 Å². The lowest BCUT2D eigenvalue weighted by atomic mass is 9.93. The molecule has 0 aromatic heterocycles. The predicted octanol–water partition coefficient (Wildman–Crippen LogP) is 0.0638. The Bertz CT molecular complexity index is 257. The minimum Gasteiger partial charge on any atom is -0.481 e. The number of carboxylic acids is 1. The van der Waals surface area contributed by atoms with Gasteiger partial charge in [0.15, 0.2) is 0 Å². The van der Waals surface area contributed by atoms with E-state index in [1.807, 2.05) is 0 Å². The van der Waals surface area contributed by atoms with Crippen molar-refractivity contribution in [3.63, 3.8) is 0 Å². The molecule has 6 nitrogen and oxygen atoms in total. The SMILES string of the molecule is O=C(O)CCNC(=O)NC1CCCCC1O. The van der Waals surface area contributed by atoms with Crippen LogP contribution < -0.4 is 10.6 Å². The fourth-order valence-corrected chi connectivity index (χ4v) is 1.78.